The summed E-state index contributed by atoms with van der Waals surface area (Å²) in [6.45, 7) is 5.21. The van der Waals surface area contributed by atoms with E-state index in [-0.39, 0.29) is 18.4 Å². The quantitative estimate of drug-likeness (QED) is 0.667. The SMILES string of the molecule is CCc1ccc(OCC(=O)Nc2ccc3c(c2)N(CCCN(C)C)C(=O)C(C)O3)cc1. The molecule has 2 aromatic rings. The minimum atomic E-state index is -0.528. The van der Waals surface area contributed by atoms with Crippen LogP contribution in [0.25, 0.3) is 0 Å². The summed E-state index contributed by atoms with van der Waals surface area (Å²) in [4.78, 5) is 28.9. The summed E-state index contributed by atoms with van der Waals surface area (Å²) in [6, 6.07) is 13.0. The van der Waals surface area contributed by atoms with Crippen molar-refractivity contribution in [3.63, 3.8) is 0 Å². The van der Waals surface area contributed by atoms with Gasteiger partial charge in [-0.2, -0.15) is 0 Å². The Kier molecular flexibility index (Phi) is 7.52. The van der Waals surface area contributed by atoms with Crippen molar-refractivity contribution in [3.05, 3.63) is 48.0 Å². The van der Waals surface area contributed by atoms with E-state index in [4.69, 9.17) is 9.47 Å². The number of benzene rings is 2. The zero-order chi connectivity index (χ0) is 22.4. The van der Waals surface area contributed by atoms with Crippen LogP contribution in [0.15, 0.2) is 42.5 Å². The van der Waals surface area contributed by atoms with Crippen LogP contribution in [0.1, 0.15) is 25.8 Å². The maximum absolute atomic E-state index is 12.7. The smallest absolute Gasteiger partial charge is 0.267 e. The fourth-order valence-corrected chi connectivity index (χ4v) is 3.43. The molecule has 31 heavy (non-hydrogen) atoms. The van der Waals surface area contributed by atoms with Crippen LogP contribution in [0, 0.1) is 0 Å². The number of aryl methyl sites for hydroxylation is 1. The largest absolute Gasteiger partial charge is 0.484 e. The molecule has 0 saturated carbocycles. The summed E-state index contributed by atoms with van der Waals surface area (Å²) < 4.78 is 11.3. The highest BCUT2D eigenvalue weighted by atomic mass is 16.5. The summed E-state index contributed by atoms with van der Waals surface area (Å²) in [6.07, 6.45) is 1.27. The van der Waals surface area contributed by atoms with Crippen LogP contribution in [0.4, 0.5) is 11.4 Å². The second-order valence-electron chi connectivity index (χ2n) is 7.92. The third-order valence-corrected chi connectivity index (χ3v) is 5.14. The molecule has 1 aliphatic rings. The molecule has 0 bridgehead atoms. The fourth-order valence-electron chi connectivity index (χ4n) is 3.43. The van der Waals surface area contributed by atoms with Crippen molar-refractivity contribution in [3.8, 4) is 11.5 Å². The van der Waals surface area contributed by atoms with Gasteiger partial charge in [0.1, 0.15) is 11.5 Å². The minimum absolute atomic E-state index is 0.0754. The average Bonchev–Trinajstić information content (AvgIpc) is 2.75. The molecule has 166 valence electrons. The van der Waals surface area contributed by atoms with E-state index in [1.807, 2.05) is 38.4 Å². The van der Waals surface area contributed by atoms with Crippen LogP contribution >= 0.6 is 0 Å². The summed E-state index contributed by atoms with van der Waals surface area (Å²) in [5.74, 6) is 0.948. The molecule has 7 heteroatoms. The number of fused-ring (bicyclic) bond motifs is 1. The third kappa shape index (κ3) is 5.98. The Balaban J connectivity index is 1.65. The van der Waals surface area contributed by atoms with E-state index in [9.17, 15) is 9.59 Å². The van der Waals surface area contributed by atoms with Crippen molar-refractivity contribution in [1.29, 1.82) is 0 Å². The molecule has 0 spiro atoms. The molecule has 1 heterocycles. The van der Waals surface area contributed by atoms with E-state index in [1.54, 1.807) is 30.0 Å². The molecule has 0 aliphatic carbocycles. The summed E-state index contributed by atoms with van der Waals surface area (Å²) in [5, 5.41) is 2.84. The molecule has 1 aliphatic heterocycles. The van der Waals surface area contributed by atoms with E-state index in [2.05, 4.69) is 17.1 Å². The number of carbonyl (C=O) groups excluding carboxylic acids is 2. The first-order chi connectivity index (χ1) is 14.9. The van der Waals surface area contributed by atoms with Gasteiger partial charge in [0.2, 0.25) is 0 Å². The molecule has 0 saturated heterocycles. The first-order valence-electron chi connectivity index (χ1n) is 10.7. The van der Waals surface area contributed by atoms with Gasteiger partial charge in [-0.05, 0) is 76.3 Å². The fraction of sp³-hybridized carbons (Fsp3) is 0.417. The van der Waals surface area contributed by atoms with Gasteiger partial charge in [-0.1, -0.05) is 19.1 Å². The predicted octanol–water partition coefficient (Wildman–Crippen LogP) is 3.33. The predicted molar refractivity (Wildman–Crippen MR) is 122 cm³/mol. The summed E-state index contributed by atoms with van der Waals surface area (Å²) >= 11 is 0. The van der Waals surface area contributed by atoms with Gasteiger partial charge in [-0.25, -0.2) is 0 Å². The minimum Gasteiger partial charge on any atom is -0.484 e. The van der Waals surface area contributed by atoms with Crippen molar-refractivity contribution in [2.75, 3.05) is 44.0 Å². The molecular formula is C24H31N3O4. The van der Waals surface area contributed by atoms with E-state index in [1.165, 1.54) is 5.56 Å². The van der Waals surface area contributed by atoms with Crippen molar-refractivity contribution in [2.45, 2.75) is 32.8 Å². The number of amides is 2. The van der Waals surface area contributed by atoms with Gasteiger partial charge in [0.15, 0.2) is 12.7 Å². The van der Waals surface area contributed by atoms with Gasteiger partial charge in [-0.15, -0.1) is 0 Å². The van der Waals surface area contributed by atoms with E-state index in [0.717, 1.165) is 19.4 Å². The van der Waals surface area contributed by atoms with E-state index < -0.39 is 6.10 Å². The van der Waals surface area contributed by atoms with Crippen molar-refractivity contribution < 1.29 is 19.1 Å². The maximum atomic E-state index is 12.7. The van der Waals surface area contributed by atoms with E-state index in [0.29, 0.717) is 29.4 Å². The molecule has 0 radical (unpaired) electrons. The number of hydrogen-bond donors (Lipinski definition) is 1. The highest BCUT2D eigenvalue weighted by Gasteiger charge is 2.31. The summed E-state index contributed by atoms with van der Waals surface area (Å²) in [5.41, 5.74) is 2.49. The lowest BCUT2D eigenvalue weighted by Crippen LogP contribution is -2.45. The second kappa shape index (κ2) is 10.3. The van der Waals surface area contributed by atoms with Crippen LogP contribution in [-0.4, -0.2) is 56.6 Å². The van der Waals surface area contributed by atoms with Crippen LogP contribution in [0.2, 0.25) is 0 Å². The van der Waals surface area contributed by atoms with Gasteiger partial charge < -0.3 is 24.6 Å². The topological polar surface area (TPSA) is 71.1 Å². The molecule has 0 fully saturated rings. The van der Waals surface area contributed by atoms with Gasteiger partial charge >= 0.3 is 0 Å². The Morgan fingerprint density at radius 3 is 2.61 bits per heavy atom. The lowest BCUT2D eigenvalue weighted by molar-refractivity contribution is -0.125. The monoisotopic (exact) mass is 425 g/mol. The van der Waals surface area contributed by atoms with Gasteiger partial charge in [0.05, 0.1) is 5.69 Å². The maximum Gasteiger partial charge on any atom is 0.267 e. The highest BCUT2D eigenvalue weighted by Crippen LogP contribution is 2.36. The normalized spacial score (nSPS) is 15.5. The molecule has 1 unspecified atom stereocenters. The molecule has 7 nitrogen and oxygen atoms in total. The van der Waals surface area contributed by atoms with Crippen LogP contribution in [0.5, 0.6) is 11.5 Å². The number of ether oxygens (including phenoxy) is 2. The third-order valence-electron chi connectivity index (χ3n) is 5.14. The van der Waals surface area contributed by atoms with Gasteiger partial charge in [0, 0.05) is 12.2 Å². The van der Waals surface area contributed by atoms with E-state index >= 15 is 0 Å². The Bertz CT molecular complexity index is 912. The van der Waals surface area contributed by atoms with Crippen molar-refractivity contribution in [2.24, 2.45) is 0 Å². The van der Waals surface area contributed by atoms with Crippen LogP contribution in [0.3, 0.4) is 0 Å². The molecule has 1 atom stereocenters. The van der Waals surface area contributed by atoms with Gasteiger partial charge in [-0.3, -0.25) is 9.59 Å². The number of nitrogens with one attached hydrogen (secondary N) is 1. The molecule has 3 rings (SSSR count). The average molecular weight is 426 g/mol. The first kappa shape index (κ1) is 22.6. The Labute approximate surface area is 183 Å². The van der Waals surface area contributed by atoms with Gasteiger partial charge in [0.25, 0.3) is 11.8 Å². The number of nitrogens with zero attached hydrogens (tertiary/aromatic N) is 2. The first-order valence-corrected chi connectivity index (χ1v) is 10.7. The molecule has 2 aromatic carbocycles. The molecular weight excluding hydrogens is 394 g/mol. The number of hydrogen-bond acceptors (Lipinski definition) is 5. The molecule has 1 N–H and O–H groups in total. The second-order valence-corrected chi connectivity index (χ2v) is 7.92. The zero-order valence-electron chi connectivity index (χ0n) is 18.7. The Morgan fingerprint density at radius 1 is 1.19 bits per heavy atom. The summed E-state index contributed by atoms with van der Waals surface area (Å²) in [7, 11) is 4.01. The lowest BCUT2D eigenvalue weighted by atomic mass is 10.1. The highest BCUT2D eigenvalue weighted by molar-refractivity contribution is 6.01. The van der Waals surface area contributed by atoms with Crippen LogP contribution < -0.4 is 19.7 Å². The number of anilines is 2. The standard InChI is InChI=1S/C24H31N3O4/c1-5-18-7-10-20(11-8-18)30-16-23(28)25-19-9-12-22-21(15-19)27(14-6-13-26(3)4)24(29)17(2)31-22/h7-12,15,17H,5-6,13-14,16H2,1-4H3,(H,25,28). The Hall–Kier alpha value is -3.06. The Morgan fingerprint density at radius 2 is 1.94 bits per heavy atom. The number of rotatable bonds is 9. The lowest BCUT2D eigenvalue weighted by Gasteiger charge is -2.33. The zero-order valence-corrected chi connectivity index (χ0v) is 18.7. The number of carbonyl (C=O) groups is 2. The molecule has 2 amide bonds. The van der Waals surface area contributed by atoms with Crippen molar-refractivity contribution in [1.82, 2.24) is 4.90 Å². The van der Waals surface area contributed by atoms with Crippen LogP contribution in [-0.2, 0) is 16.0 Å². The molecule has 0 aromatic heterocycles. The van der Waals surface area contributed by atoms with Crippen molar-refractivity contribution >= 4 is 23.2 Å².